The molecule has 1 aliphatic heterocycles. The van der Waals surface area contributed by atoms with Crippen molar-refractivity contribution in [3.63, 3.8) is 0 Å². The predicted molar refractivity (Wildman–Crippen MR) is 85.8 cm³/mol. The Kier molecular flexibility index (Phi) is 4.12. The summed E-state index contributed by atoms with van der Waals surface area (Å²) in [5.41, 5.74) is 6.60. The number of hydrogen-bond acceptors (Lipinski definition) is 5. The number of piperidine rings is 1. The average Bonchev–Trinajstić information content (AvgIpc) is 2.50. The summed E-state index contributed by atoms with van der Waals surface area (Å²) in [4.78, 5) is 15.1. The number of nitrogens with zero attached hydrogens (tertiary/aromatic N) is 4. The summed E-state index contributed by atoms with van der Waals surface area (Å²) in [5.74, 6) is 1.36. The highest BCUT2D eigenvalue weighted by molar-refractivity contribution is 6.42. The maximum Gasteiger partial charge on any atom is 0.230 e. The molecule has 1 fully saturated rings. The van der Waals surface area contributed by atoms with E-state index >= 15 is 0 Å². The Labute approximate surface area is 133 Å². The Balaban J connectivity index is 1.98. The molecule has 2 aromatic rings. The molecule has 110 valence electrons. The third-order valence-electron chi connectivity index (χ3n) is 3.46. The molecule has 0 atom stereocenters. The zero-order valence-electron chi connectivity index (χ0n) is 11.4. The van der Waals surface area contributed by atoms with Crippen LogP contribution in [0.25, 0.3) is 11.4 Å². The fourth-order valence-corrected chi connectivity index (χ4v) is 2.68. The standard InChI is InChI=1S/C14H15Cl2N5/c15-10-5-4-9(8-11(10)16)12-18-13(17)20-14(19-12)21-6-2-1-3-7-21/h4-5,8H,1-3,6-7H2,(H2,17,18,19,20). The largest absolute Gasteiger partial charge is 0.368 e. The lowest BCUT2D eigenvalue weighted by Crippen LogP contribution is -2.31. The van der Waals surface area contributed by atoms with Crippen molar-refractivity contribution in [3.8, 4) is 11.4 Å². The van der Waals surface area contributed by atoms with E-state index in [9.17, 15) is 0 Å². The van der Waals surface area contributed by atoms with Crippen LogP contribution in [-0.2, 0) is 0 Å². The quantitative estimate of drug-likeness (QED) is 0.917. The van der Waals surface area contributed by atoms with Gasteiger partial charge in [-0.2, -0.15) is 15.0 Å². The lowest BCUT2D eigenvalue weighted by molar-refractivity contribution is 0.568. The molecule has 0 bridgehead atoms. The molecule has 2 N–H and O–H groups in total. The lowest BCUT2D eigenvalue weighted by Gasteiger charge is -2.26. The monoisotopic (exact) mass is 323 g/mol. The summed E-state index contributed by atoms with van der Waals surface area (Å²) in [7, 11) is 0. The summed E-state index contributed by atoms with van der Waals surface area (Å²) in [6.07, 6.45) is 3.54. The van der Waals surface area contributed by atoms with E-state index < -0.39 is 0 Å². The van der Waals surface area contributed by atoms with Gasteiger partial charge in [-0.05, 0) is 37.5 Å². The van der Waals surface area contributed by atoms with Gasteiger partial charge in [0.25, 0.3) is 0 Å². The summed E-state index contributed by atoms with van der Waals surface area (Å²) in [6, 6.07) is 5.28. The van der Waals surface area contributed by atoms with Gasteiger partial charge in [-0.15, -0.1) is 0 Å². The van der Waals surface area contributed by atoms with Gasteiger partial charge >= 0.3 is 0 Å². The van der Waals surface area contributed by atoms with Crippen LogP contribution in [-0.4, -0.2) is 28.0 Å². The molecule has 0 aliphatic carbocycles. The first-order chi connectivity index (χ1) is 10.1. The number of aromatic nitrogens is 3. The Morgan fingerprint density at radius 2 is 1.71 bits per heavy atom. The Morgan fingerprint density at radius 3 is 2.43 bits per heavy atom. The third kappa shape index (κ3) is 3.19. The van der Waals surface area contributed by atoms with E-state index in [1.54, 1.807) is 12.1 Å². The van der Waals surface area contributed by atoms with Gasteiger partial charge in [0, 0.05) is 18.7 Å². The third-order valence-corrected chi connectivity index (χ3v) is 4.20. The fourth-order valence-electron chi connectivity index (χ4n) is 2.38. The molecule has 0 amide bonds. The second kappa shape index (κ2) is 6.03. The van der Waals surface area contributed by atoms with Crippen molar-refractivity contribution in [2.45, 2.75) is 19.3 Å². The average molecular weight is 324 g/mol. The summed E-state index contributed by atoms with van der Waals surface area (Å²) < 4.78 is 0. The van der Waals surface area contributed by atoms with Gasteiger partial charge in [-0.3, -0.25) is 0 Å². The zero-order valence-corrected chi connectivity index (χ0v) is 12.9. The van der Waals surface area contributed by atoms with Crippen LogP contribution in [0, 0.1) is 0 Å². The first kappa shape index (κ1) is 14.4. The van der Waals surface area contributed by atoms with Gasteiger partial charge in [0.1, 0.15) is 0 Å². The summed E-state index contributed by atoms with van der Waals surface area (Å²) >= 11 is 12.0. The molecule has 7 heteroatoms. The SMILES string of the molecule is Nc1nc(-c2ccc(Cl)c(Cl)c2)nc(N2CCCCC2)n1. The molecule has 0 spiro atoms. The van der Waals surface area contributed by atoms with Crippen LogP contribution in [0.15, 0.2) is 18.2 Å². The molecule has 5 nitrogen and oxygen atoms in total. The minimum atomic E-state index is 0.214. The van der Waals surface area contributed by atoms with Crippen LogP contribution < -0.4 is 10.6 Å². The van der Waals surface area contributed by atoms with E-state index in [1.165, 1.54) is 6.42 Å². The molecule has 0 radical (unpaired) electrons. The van der Waals surface area contributed by atoms with Crippen LogP contribution in [0.3, 0.4) is 0 Å². The van der Waals surface area contributed by atoms with Crippen molar-refractivity contribution in [2.24, 2.45) is 0 Å². The van der Waals surface area contributed by atoms with Crippen molar-refractivity contribution in [3.05, 3.63) is 28.2 Å². The highest BCUT2D eigenvalue weighted by Gasteiger charge is 2.16. The number of nitrogens with two attached hydrogens (primary N) is 1. The predicted octanol–water partition coefficient (Wildman–Crippen LogP) is 3.42. The van der Waals surface area contributed by atoms with Gasteiger partial charge in [0.05, 0.1) is 10.0 Å². The van der Waals surface area contributed by atoms with Crippen molar-refractivity contribution < 1.29 is 0 Å². The molecular formula is C14H15Cl2N5. The molecule has 21 heavy (non-hydrogen) atoms. The van der Waals surface area contributed by atoms with Gasteiger partial charge in [0.15, 0.2) is 5.82 Å². The van der Waals surface area contributed by atoms with E-state index in [-0.39, 0.29) is 5.95 Å². The number of hydrogen-bond donors (Lipinski definition) is 1. The first-order valence-corrected chi connectivity index (χ1v) is 7.61. The molecule has 1 aromatic carbocycles. The van der Waals surface area contributed by atoms with E-state index in [0.717, 1.165) is 31.5 Å². The molecule has 1 saturated heterocycles. The molecule has 0 saturated carbocycles. The first-order valence-electron chi connectivity index (χ1n) is 6.85. The normalized spacial score (nSPS) is 15.2. The molecule has 3 rings (SSSR count). The van der Waals surface area contributed by atoms with Crippen LogP contribution in [0.2, 0.25) is 10.0 Å². The minimum absolute atomic E-state index is 0.214. The van der Waals surface area contributed by atoms with E-state index in [4.69, 9.17) is 28.9 Å². The van der Waals surface area contributed by atoms with Crippen molar-refractivity contribution in [2.75, 3.05) is 23.7 Å². The van der Waals surface area contributed by atoms with Gasteiger partial charge in [0.2, 0.25) is 11.9 Å². The molecule has 1 aliphatic rings. The number of anilines is 2. The number of halogens is 2. The van der Waals surface area contributed by atoms with Gasteiger partial charge < -0.3 is 10.6 Å². The van der Waals surface area contributed by atoms with Crippen molar-refractivity contribution >= 4 is 35.1 Å². The second-order valence-corrected chi connectivity index (χ2v) is 5.81. The van der Waals surface area contributed by atoms with Gasteiger partial charge in [-0.25, -0.2) is 0 Å². The highest BCUT2D eigenvalue weighted by atomic mass is 35.5. The fraction of sp³-hybridized carbons (Fsp3) is 0.357. The summed E-state index contributed by atoms with van der Waals surface area (Å²) in [5, 5.41) is 0.964. The molecule has 2 heterocycles. The highest BCUT2D eigenvalue weighted by Crippen LogP contribution is 2.28. The Morgan fingerprint density at radius 1 is 0.952 bits per heavy atom. The van der Waals surface area contributed by atoms with E-state index in [2.05, 4.69) is 19.9 Å². The summed E-state index contributed by atoms with van der Waals surface area (Å²) in [6.45, 7) is 1.90. The number of rotatable bonds is 2. The molecular weight excluding hydrogens is 309 g/mol. The zero-order chi connectivity index (χ0) is 14.8. The second-order valence-electron chi connectivity index (χ2n) is 4.99. The molecule has 0 unspecified atom stereocenters. The van der Waals surface area contributed by atoms with E-state index in [1.807, 2.05) is 6.07 Å². The van der Waals surface area contributed by atoms with Crippen LogP contribution >= 0.6 is 23.2 Å². The van der Waals surface area contributed by atoms with Crippen LogP contribution in [0.5, 0.6) is 0 Å². The smallest absolute Gasteiger partial charge is 0.230 e. The van der Waals surface area contributed by atoms with Gasteiger partial charge in [-0.1, -0.05) is 23.2 Å². The van der Waals surface area contributed by atoms with Crippen molar-refractivity contribution in [1.82, 2.24) is 15.0 Å². The number of benzene rings is 1. The van der Waals surface area contributed by atoms with E-state index in [0.29, 0.717) is 21.8 Å². The minimum Gasteiger partial charge on any atom is -0.368 e. The topological polar surface area (TPSA) is 67.9 Å². The maximum absolute atomic E-state index is 6.05. The van der Waals surface area contributed by atoms with Crippen molar-refractivity contribution in [1.29, 1.82) is 0 Å². The Bertz CT molecular complexity index is 656. The van der Waals surface area contributed by atoms with Crippen LogP contribution in [0.4, 0.5) is 11.9 Å². The Hall–Kier alpha value is -1.59. The lowest BCUT2D eigenvalue weighted by atomic mass is 10.1. The van der Waals surface area contributed by atoms with Crippen LogP contribution in [0.1, 0.15) is 19.3 Å². The maximum atomic E-state index is 6.05. The number of nitrogen functional groups attached to an aromatic ring is 1. The molecule has 1 aromatic heterocycles.